The van der Waals surface area contributed by atoms with Crippen LogP contribution in [0.15, 0.2) is 48.5 Å². The number of para-hydroxylation sites is 1. The normalized spacial score (nSPS) is 10.6. The molecule has 2 aromatic carbocycles. The molecule has 0 bridgehead atoms. The van der Waals surface area contributed by atoms with Crippen LogP contribution in [0.3, 0.4) is 0 Å². The number of nitrogens with one attached hydrogen (secondary N) is 2. The zero-order valence-corrected chi connectivity index (χ0v) is 13.7. The molecular weight excluding hydrogens is 327 g/mol. The van der Waals surface area contributed by atoms with Crippen LogP contribution in [0.25, 0.3) is 10.1 Å². The van der Waals surface area contributed by atoms with Crippen molar-refractivity contribution in [2.45, 2.75) is 6.61 Å². The van der Waals surface area contributed by atoms with Gasteiger partial charge in [0, 0.05) is 17.3 Å². The summed E-state index contributed by atoms with van der Waals surface area (Å²) >= 11 is 1.36. The van der Waals surface area contributed by atoms with E-state index in [4.69, 9.17) is 10.1 Å². The van der Waals surface area contributed by atoms with E-state index in [9.17, 15) is 9.18 Å². The van der Waals surface area contributed by atoms with E-state index in [1.54, 1.807) is 18.2 Å². The van der Waals surface area contributed by atoms with Crippen LogP contribution < -0.4 is 10.1 Å². The minimum Gasteiger partial charge on any atom is -0.486 e. The first-order valence-corrected chi connectivity index (χ1v) is 8.12. The highest BCUT2D eigenvalue weighted by Crippen LogP contribution is 2.33. The lowest BCUT2D eigenvalue weighted by molar-refractivity contribution is -0.114. The fourth-order valence-electron chi connectivity index (χ4n) is 2.38. The monoisotopic (exact) mass is 342 g/mol. The van der Waals surface area contributed by atoms with E-state index < -0.39 is 11.7 Å². The number of likely N-dealkylation sites (N-methyl/N-ethyl adjacent to an activating group) is 1. The van der Waals surface area contributed by atoms with E-state index in [1.807, 2.05) is 24.3 Å². The molecule has 0 spiro atoms. The molecular formula is C18H15FN2O2S. The summed E-state index contributed by atoms with van der Waals surface area (Å²) < 4.78 is 20.3. The Hall–Kier alpha value is -2.73. The van der Waals surface area contributed by atoms with Crippen molar-refractivity contribution in [1.29, 1.82) is 5.41 Å². The van der Waals surface area contributed by atoms with Crippen molar-refractivity contribution >= 4 is 33.0 Å². The molecule has 0 radical (unpaired) electrons. The van der Waals surface area contributed by atoms with Crippen LogP contribution in [0, 0.1) is 11.2 Å². The third-order valence-corrected chi connectivity index (χ3v) is 4.82. The molecule has 1 amide bonds. The second kappa shape index (κ2) is 6.80. The number of carbonyl (C=O) groups is 1. The molecule has 0 aliphatic carbocycles. The largest absolute Gasteiger partial charge is 0.486 e. The van der Waals surface area contributed by atoms with Gasteiger partial charge < -0.3 is 10.1 Å². The zero-order valence-electron chi connectivity index (χ0n) is 12.9. The summed E-state index contributed by atoms with van der Waals surface area (Å²) in [5.41, 5.74) is 0.596. The van der Waals surface area contributed by atoms with Crippen molar-refractivity contribution in [3.63, 3.8) is 0 Å². The lowest BCUT2D eigenvalue weighted by Gasteiger charge is -2.09. The van der Waals surface area contributed by atoms with Gasteiger partial charge in [0.2, 0.25) is 0 Å². The van der Waals surface area contributed by atoms with Gasteiger partial charge in [0.25, 0.3) is 5.91 Å². The van der Waals surface area contributed by atoms with Gasteiger partial charge in [-0.2, -0.15) is 0 Å². The van der Waals surface area contributed by atoms with E-state index in [0.717, 1.165) is 10.1 Å². The van der Waals surface area contributed by atoms with Crippen molar-refractivity contribution in [3.8, 4) is 5.75 Å². The van der Waals surface area contributed by atoms with E-state index in [1.165, 1.54) is 24.5 Å². The third-order valence-electron chi connectivity index (χ3n) is 3.59. The predicted molar refractivity (Wildman–Crippen MR) is 93.5 cm³/mol. The van der Waals surface area contributed by atoms with Crippen molar-refractivity contribution in [2.24, 2.45) is 0 Å². The van der Waals surface area contributed by atoms with E-state index in [2.05, 4.69) is 5.32 Å². The van der Waals surface area contributed by atoms with Crippen molar-refractivity contribution in [2.75, 3.05) is 7.05 Å². The third kappa shape index (κ3) is 3.00. The van der Waals surface area contributed by atoms with Gasteiger partial charge in [-0.15, -0.1) is 11.3 Å². The number of carbonyl (C=O) groups excluding carboxylic acids is 1. The highest BCUT2D eigenvalue weighted by Gasteiger charge is 2.20. The second-order valence-corrected chi connectivity index (χ2v) is 6.13. The van der Waals surface area contributed by atoms with Gasteiger partial charge in [0.1, 0.15) is 12.3 Å². The summed E-state index contributed by atoms with van der Waals surface area (Å²) in [6, 6.07) is 13.8. The molecule has 2 N–H and O–H groups in total. The lowest BCUT2D eigenvalue weighted by Crippen LogP contribution is -2.27. The van der Waals surface area contributed by atoms with Crippen molar-refractivity contribution in [3.05, 3.63) is 64.8 Å². The molecule has 0 unspecified atom stereocenters. The Bertz CT molecular complexity index is 920. The maximum Gasteiger partial charge on any atom is 0.270 e. The molecule has 0 saturated carbocycles. The molecule has 0 saturated heterocycles. The fourth-order valence-corrected chi connectivity index (χ4v) is 3.54. The van der Waals surface area contributed by atoms with Gasteiger partial charge in [-0.1, -0.05) is 30.3 Å². The molecule has 6 heteroatoms. The highest BCUT2D eigenvalue weighted by molar-refractivity contribution is 7.21. The lowest BCUT2D eigenvalue weighted by atomic mass is 10.1. The topological polar surface area (TPSA) is 62.2 Å². The van der Waals surface area contributed by atoms with E-state index in [-0.39, 0.29) is 18.1 Å². The molecule has 122 valence electrons. The predicted octanol–water partition coefficient (Wildman–Crippen LogP) is 3.73. The fraction of sp³-hybridized carbons (Fsp3) is 0.111. The van der Waals surface area contributed by atoms with Crippen LogP contribution in [0.4, 0.5) is 4.39 Å². The molecule has 4 nitrogen and oxygen atoms in total. The summed E-state index contributed by atoms with van der Waals surface area (Å²) in [6.07, 6.45) is 0. The number of rotatable bonds is 5. The Morgan fingerprint density at radius 3 is 2.67 bits per heavy atom. The van der Waals surface area contributed by atoms with Crippen LogP contribution in [0.1, 0.15) is 10.4 Å². The van der Waals surface area contributed by atoms with Gasteiger partial charge in [-0.25, -0.2) is 4.39 Å². The van der Waals surface area contributed by atoms with Gasteiger partial charge in [0.15, 0.2) is 11.6 Å². The summed E-state index contributed by atoms with van der Waals surface area (Å²) in [4.78, 5) is 12.4. The number of thiophene rings is 1. The number of fused-ring (bicyclic) bond motifs is 1. The van der Waals surface area contributed by atoms with E-state index in [0.29, 0.717) is 10.4 Å². The number of hydrogen-bond donors (Lipinski definition) is 2. The minimum atomic E-state index is -0.464. The van der Waals surface area contributed by atoms with Crippen molar-refractivity contribution in [1.82, 2.24) is 5.32 Å². The molecule has 0 atom stereocenters. The van der Waals surface area contributed by atoms with Crippen LogP contribution >= 0.6 is 11.3 Å². The first-order chi connectivity index (χ1) is 11.6. The van der Waals surface area contributed by atoms with Gasteiger partial charge in [-0.05, 0) is 23.6 Å². The van der Waals surface area contributed by atoms with Gasteiger partial charge >= 0.3 is 0 Å². The molecule has 24 heavy (non-hydrogen) atoms. The smallest absolute Gasteiger partial charge is 0.270 e. The Kier molecular flexibility index (Phi) is 4.57. The molecule has 1 aromatic heterocycles. The molecule has 0 aliphatic rings. The first-order valence-electron chi connectivity index (χ1n) is 7.30. The van der Waals surface area contributed by atoms with Gasteiger partial charge in [0.05, 0.1) is 4.88 Å². The number of amides is 1. The Morgan fingerprint density at radius 1 is 1.21 bits per heavy atom. The maximum absolute atomic E-state index is 13.7. The molecule has 3 aromatic rings. The first kappa shape index (κ1) is 16.1. The summed E-state index contributed by atoms with van der Waals surface area (Å²) in [5, 5.41) is 11.5. The number of halogens is 1. The van der Waals surface area contributed by atoms with Crippen LogP contribution in [-0.4, -0.2) is 18.7 Å². The summed E-state index contributed by atoms with van der Waals surface area (Å²) in [5.74, 6) is -0.765. The number of hydrogen-bond acceptors (Lipinski definition) is 4. The standard InChI is InChI=1S/C18H15FN2O2S/c1-21-18(22)16(20)17-12(11-6-2-5-9-15(11)24-17)10-23-14-8-4-3-7-13(14)19/h2-9,20H,10H2,1H3,(H,21,22). The second-order valence-electron chi connectivity index (χ2n) is 5.08. The maximum atomic E-state index is 13.7. The Balaban J connectivity index is 2.00. The van der Waals surface area contributed by atoms with Crippen molar-refractivity contribution < 1.29 is 13.9 Å². The van der Waals surface area contributed by atoms with Crippen LogP contribution in [0.5, 0.6) is 5.75 Å². The Labute approximate surface area is 142 Å². The summed E-state index contributed by atoms with van der Waals surface area (Å²) in [7, 11) is 1.49. The number of benzene rings is 2. The van der Waals surface area contributed by atoms with Crippen LogP contribution in [0.2, 0.25) is 0 Å². The highest BCUT2D eigenvalue weighted by atomic mass is 32.1. The average molecular weight is 342 g/mol. The average Bonchev–Trinajstić information content (AvgIpc) is 2.98. The number of ether oxygens (including phenoxy) is 1. The summed E-state index contributed by atoms with van der Waals surface area (Å²) in [6.45, 7) is 0.0830. The zero-order chi connectivity index (χ0) is 17.1. The Morgan fingerprint density at radius 2 is 1.92 bits per heavy atom. The molecule has 0 aliphatic heterocycles. The van der Waals surface area contributed by atoms with Gasteiger partial charge in [-0.3, -0.25) is 10.2 Å². The molecule has 1 heterocycles. The molecule has 3 rings (SSSR count). The quantitative estimate of drug-likeness (QED) is 0.694. The SMILES string of the molecule is CNC(=O)C(=N)c1sc2ccccc2c1COc1ccccc1F. The minimum absolute atomic E-state index is 0.0830. The van der Waals surface area contributed by atoms with Crippen LogP contribution in [-0.2, 0) is 11.4 Å². The molecule has 0 fully saturated rings. The van der Waals surface area contributed by atoms with E-state index >= 15 is 0 Å².